The van der Waals surface area contributed by atoms with Crippen LogP contribution in [-0.4, -0.2) is 32.6 Å². The van der Waals surface area contributed by atoms with E-state index in [1.165, 1.54) is 7.11 Å². The minimum absolute atomic E-state index is 0.290. The lowest BCUT2D eigenvalue weighted by Gasteiger charge is -2.06. The smallest absolute Gasteiger partial charge is 0.356 e. The zero-order valence-electron chi connectivity index (χ0n) is 9.91. The molecule has 3 rings (SSSR count). The predicted octanol–water partition coefficient (Wildman–Crippen LogP) is 1.33. The van der Waals surface area contributed by atoms with E-state index in [1.807, 2.05) is 0 Å². The van der Waals surface area contributed by atoms with Crippen molar-refractivity contribution in [2.24, 2.45) is 0 Å². The van der Waals surface area contributed by atoms with Gasteiger partial charge < -0.3 is 4.74 Å². The van der Waals surface area contributed by atoms with Crippen LogP contribution in [0.15, 0.2) is 24.8 Å². The summed E-state index contributed by atoms with van der Waals surface area (Å²) < 4.78 is 6.39. The molecule has 0 spiro atoms. The molecule has 2 aromatic rings. The number of carbonyl (C=O) groups excluding carboxylic acids is 1. The van der Waals surface area contributed by atoms with Crippen molar-refractivity contribution >= 4 is 5.97 Å². The van der Waals surface area contributed by atoms with Crippen LogP contribution in [0, 0.1) is 0 Å². The van der Waals surface area contributed by atoms with Gasteiger partial charge in [-0.1, -0.05) is 0 Å². The summed E-state index contributed by atoms with van der Waals surface area (Å²) >= 11 is 0. The molecule has 2 heterocycles. The van der Waals surface area contributed by atoms with Gasteiger partial charge in [0.2, 0.25) is 5.95 Å². The summed E-state index contributed by atoms with van der Waals surface area (Å²) in [4.78, 5) is 24.2. The quantitative estimate of drug-likeness (QED) is 0.762. The first-order valence-electron chi connectivity index (χ1n) is 5.73. The number of aromatic nitrogens is 4. The number of nitrogens with zero attached hydrogens (tertiary/aromatic N) is 4. The summed E-state index contributed by atoms with van der Waals surface area (Å²) in [6.07, 6.45) is 7.22. The van der Waals surface area contributed by atoms with Gasteiger partial charge in [0.15, 0.2) is 5.69 Å². The van der Waals surface area contributed by atoms with Gasteiger partial charge in [-0.2, -0.15) is 0 Å². The fourth-order valence-electron chi connectivity index (χ4n) is 1.74. The molecule has 1 aliphatic carbocycles. The lowest BCUT2D eigenvalue weighted by Crippen LogP contribution is -2.10. The molecule has 6 nitrogen and oxygen atoms in total. The van der Waals surface area contributed by atoms with E-state index in [2.05, 4.69) is 15.0 Å². The maximum Gasteiger partial charge on any atom is 0.356 e. The lowest BCUT2D eigenvalue weighted by atomic mass is 10.2. The number of carbonyl (C=O) groups is 1. The zero-order valence-corrected chi connectivity index (χ0v) is 9.91. The largest absolute Gasteiger partial charge is 0.464 e. The summed E-state index contributed by atoms with van der Waals surface area (Å²) in [6, 6.07) is 1.71. The molecule has 0 radical (unpaired) electrons. The molecule has 0 bridgehead atoms. The summed E-state index contributed by atoms with van der Waals surface area (Å²) in [7, 11) is 1.35. The first-order valence-corrected chi connectivity index (χ1v) is 5.73. The van der Waals surface area contributed by atoms with Gasteiger partial charge in [-0.15, -0.1) is 0 Å². The Hall–Kier alpha value is -2.24. The molecule has 0 atom stereocenters. The number of rotatable bonds is 3. The summed E-state index contributed by atoms with van der Waals surface area (Å²) in [6.45, 7) is 0. The fourth-order valence-corrected chi connectivity index (χ4v) is 1.74. The Labute approximate surface area is 104 Å². The van der Waals surface area contributed by atoms with Gasteiger partial charge in [-0.25, -0.2) is 19.7 Å². The highest BCUT2D eigenvalue weighted by Crippen LogP contribution is 2.39. The first kappa shape index (κ1) is 10.9. The van der Waals surface area contributed by atoms with Gasteiger partial charge in [0.1, 0.15) is 6.33 Å². The van der Waals surface area contributed by atoms with E-state index in [4.69, 9.17) is 4.74 Å². The third-order valence-electron chi connectivity index (χ3n) is 2.86. The molecule has 0 saturated heterocycles. The third-order valence-corrected chi connectivity index (χ3v) is 2.86. The number of methoxy groups -OCH3 is 1. The molecule has 1 saturated carbocycles. The monoisotopic (exact) mass is 244 g/mol. The number of hydrogen-bond donors (Lipinski definition) is 0. The zero-order chi connectivity index (χ0) is 12.5. The summed E-state index contributed by atoms with van der Waals surface area (Å²) in [5.74, 6) is 0.455. The van der Waals surface area contributed by atoms with Crippen molar-refractivity contribution in [3.8, 4) is 5.95 Å². The Kier molecular flexibility index (Phi) is 2.55. The minimum Gasteiger partial charge on any atom is -0.464 e. The molecular formula is C12H12N4O2. The third kappa shape index (κ3) is 1.97. The molecule has 18 heavy (non-hydrogen) atoms. The van der Waals surface area contributed by atoms with Crippen LogP contribution < -0.4 is 0 Å². The normalized spacial score (nSPS) is 14.5. The van der Waals surface area contributed by atoms with Crippen LogP contribution in [0.25, 0.3) is 5.95 Å². The minimum atomic E-state index is -0.444. The van der Waals surface area contributed by atoms with Crippen molar-refractivity contribution in [1.29, 1.82) is 0 Å². The van der Waals surface area contributed by atoms with Crippen LogP contribution in [0.5, 0.6) is 0 Å². The molecule has 1 aliphatic rings. The highest BCUT2D eigenvalue weighted by molar-refractivity contribution is 5.87. The van der Waals surface area contributed by atoms with Crippen molar-refractivity contribution < 1.29 is 9.53 Å². The van der Waals surface area contributed by atoms with Gasteiger partial charge in [0, 0.05) is 24.0 Å². The molecule has 0 unspecified atom stereocenters. The Bertz CT molecular complexity index is 576. The second-order valence-electron chi connectivity index (χ2n) is 4.21. The van der Waals surface area contributed by atoms with Gasteiger partial charge in [0.25, 0.3) is 0 Å². The van der Waals surface area contributed by atoms with Gasteiger partial charge >= 0.3 is 5.97 Å². The number of ether oxygens (including phenoxy) is 1. The van der Waals surface area contributed by atoms with Crippen LogP contribution in [-0.2, 0) is 4.74 Å². The highest BCUT2D eigenvalue weighted by atomic mass is 16.5. The van der Waals surface area contributed by atoms with E-state index in [0.717, 1.165) is 18.5 Å². The SMILES string of the molecule is COC(=O)c1cc(C2CC2)nc(-n2ccnc2)n1. The standard InChI is InChI=1S/C12H12N4O2/c1-18-11(17)10-6-9(8-2-3-8)14-12(15-10)16-5-4-13-7-16/h4-8H,2-3H2,1H3. The fraction of sp³-hybridized carbons (Fsp3) is 0.333. The van der Waals surface area contributed by atoms with E-state index in [9.17, 15) is 4.79 Å². The number of esters is 1. The Morgan fingerprint density at radius 1 is 1.44 bits per heavy atom. The molecular weight excluding hydrogens is 232 g/mol. The first-order chi connectivity index (χ1) is 8.78. The highest BCUT2D eigenvalue weighted by Gasteiger charge is 2.27. The number of hydrogen-bond acceptors (Lipinski definition) is 5. The molecule has 1 fully saturated rings. The van der Waals surface area contributed by atoms with E-state index in [-0.39, 0.29) is 5.69 Å². The molecule has 0 N–H and O–H groups in total. The maximum absolute atomic E-state index is 11.6. The van der Waals surface area contributed by atoms with Crippen LogP contribution >= 0.6 is 0 Å². The Morgan fingerprint density at radius 3 is 2.89 bits per heavy atom. The van der Waals surface area contributed by atoms with E-state index >= 15 is 0 Å². The van der Waals surface area contributed by atoms with Gasteiger partial charge in [0.05, 0.1) is 7.11 Å². The van der Waals surface area contributed by atoms with E-state index < -0.39 is 5.97 Å². The topological polar surface area (TPSA) is 69.9 Å². The van der Waals surface area contributed by atoms with Crippen LogP contribution in [0.3, 0.4) is 0 Å². The second-order valence-corrected chi connectivity index (χ2v) is 4.21. The summed E-state index contributed by atoms with van der Waals surface area (Å²) in [5, 5.41) is 0. The van der Waals surface area contributed by atoms with Crippen LogP contribution in [0.1, 0.15) is 34.9 Å². The molecule has 0 amide bonds. The Morgan fingerprint density at radius 2 is 2.28 bits per heavy atom. The van der Waals surface area contributed by atoms with E-state index in [0.29, 0.717) is 11.9 Å². The average molecular weight is 244 g/mol. The molecule has 0 aliphatic heterocycles. The Balaban J connectivity index is 2.07. The van der Waals surface area contributed by atoms with Crippen LogP contribution in [0.2, 0.25) is 0 Å². The van der Waals surface area contributed by atoms with Crippen molar-refractivity contribution in [3.63, 3.8) is 0 Å². The average Bonchev–Trinajstić information content (AvgIpc) is 3.12. The second kappa shape index (κ2) is 4.21. The van der Waals surface area contributed by atoms with Crippen molar-refractivity contribution in [1.82, 2.24) is 19.5 Å². The van der Waals surface area contributed by atoms with E-state index in [1.54, 1.807) is 29.4 Å². The number of imidazole rings is 1. The predicted molar refractivity (Wildman–Crippen MR) is 62.5 cm³/mol. The summed E-state index contributed by atoms with van der Waals surface area (Å²) in [5.41, 5.74) is 1.19. The lowest BCUT2D eigenvalue weighted by molar-refractivity contribution is 0.0593. The van der Waals surface area contributed by atoms with Gasteiger partial charge in [-0.05, 0) is 18.9 Å². The van der Waals surface area contributed by atoms with Crippen molar-refractivity contribution in [3.05, 3.63) is 36.2 Å². The van der Waals surface area contributed by atoms with Crippen LogP contribution in [0.4, 0.5) is 0 Å². The molecule has 2 aromatic heterocycles. The van der Waals surface area contributed by atoms with Crippen molar-refractivity contribution in [2.75, 3.05) is 7.11 Å². The molecule has 92 valence electrons. The van der Waals surface area contributed by atoms with Crippen molar-refractivity contribution in [2.45, 2.75) is 18.8 Å². The molecule has 6 heteroatoms. The maximum atomic E-state index is 11.6. The van der Waals surface area contributed by atoms with Gasteiger partial charge in [-0.3, -0.25) is 4.57 Å². The molecule has 0 aromatic carbocycles.